The summed E-state index contributed by atoms with van der Waals surface area (Å²) in [6, 6.07) is 1.18. The van der Waals surface area contributed by atoms with Crippen molar-refractivity contribution in [2.45, 2.75) is 26.4 Å². The Kier molecular flexibility index (Phi) is 3.11. The summed E-state index contributed by atoms with van der Waals surface area (Å²) in [7, 11) is 0. The van der Waals surface area contributed by atoms with Crippen LogP contribution in [0.5, 0.6) is 5.88 Å². The molecule has 0 amide bonds. The highest BCUT2D eigenvalue weighted by Gasteiger charge is 2.08. The van der Waals surface area contributed by atoms with Gasteiger partial charge in [-0.05, 0) is 0 Å². The minimum absolute atomic E-state index is 0.0671. The fraction of sp³-hybridized carbons (Fsp3) is 0.500. The van der Waals surface area contributed by atoms with Gasteiger partial charge in [0.05, 0.1) is 6.20 Å². The SMILES string of the molecule is CC(C)c1n[c]cc(OC(F)F)n1. The average molecular weight is 187 g/mol. The average Bonchev–Trinajstić information content (AvgIpc) is 2.03. The van der Waals surface area contributed by atoms with Gasteiger partial charge >= 0.3 is 6.61 Å². The van der Waals surface area contributed by atoms with Crippen molar-refractivity contribution in [3.8, 4) is 5.88 Å². The van der Waals surface area contributed by atoms with Gasteiger partial charge in [0.15, 0.2) is 0 Å². The highest BCUT2D eigenvalue weighted by atomic mass is 19.3. The van der Waals surface area contributed by atoms with E-state index >= 15 is 0 Å². The van der Waals surface area contributed by atoms with Crippen LogP contribution in [-0.2, 0) is 0 Å². The Bertz CT molecular complexity index is 279. The molecular formula is C8H9F2N2O. The maximum absolute atomic E-state index is 11.8. The normalized spacial score (nSPS) is 10.9. The topological polar surface area (TPSA) is 35.0 Å². The quantitative estimate of drug-likeness (QED) is 0.725. The lowest BCUT2D eigenvalue weighted by molar-refractivity contribution is -0.0531. The number of rotatable bonds is 3. The molecule has 1 aromatic heterocycles. The van der Waals surface area contributed by atoms with Crippen LogP contribution < -0.4 is 4.74 Å². The van der Waals surface area contributed by atoms with Gasteiger partial charge in [0, 0.05) is 12.0 Å². The molecule has 1 heterocycles. The van der Waals surface area contributed by atoms with Gasteiger partial charge in [0.1, 0.15) is 5.82 Å². The summed E-state index contributed by atoms with van der Waals surface area (Å²) in [5.41, 5.74) is 0. The first-order valence-electron chi connectivity index (χ1n) is 3.79. The molecule has 0 unspecified atom stereocenters. The van der Waals surface area contributed by atoms with Gasteiger partial charge in [0.2, 0.25) is 5.88 Å². The Balaban J connectivity index is 2.79. The summed E-state index contributed by atoms with van der Waals surface area (Å²) in [6.45, 7) is 0.855. The Morgan fingerprint density at radius 3 is 2.69 bits per heavy atom. The van der Waals surface area contributed by atoms with Crippen LogP contribution in [0.3, 0.4) is 0 Å². The minimum atomic E-state index is -2.86. The van der Waals surface area contributed by atoms with Crippen molar-refractivity contribution in [3.63, 3.8) is 0 Å². The summed E-state index contributed by atoms with van der Waals surface area (Å²) in [6.07, 6.45) is 2.45. The smallest absolute Gasteiger partial charge is 0.388 e. The third-order valence-corrected chi connectivity index (χ3v) is 1.32. The summed E-state index contributed by atoms with van der Waals surface area (Å²) in [4.78, 5) is 7.55. The Labute approximate surface area is 74.8 Å². The Morgan fingerprint density at radius 1 is 1.46 bits per heavy atom. The largest absolute Gasteiger partial charge is 0.417 e. The van der Waals surface area contributed by atoms with Crippen molar-refractivity contribution in [1.82, 2.24) is 9.97 Å². The first-order chi connectivity index (χ1) is 6.09. The molecule has 0 spiro atoms. The molecule has 5 heteroatoms. The maximum Gasteiger partial charge on any atom is 0.388 e. The lowest BCUT2D eigenvalue weighted by Gasteiger charge is -2.05. The molecule has 0 saturated heterocycles. The zero-order valence-electron chi connectivity index (χ0n) is 7.29. The van der Waals surface area contributed by atoms with Crippen molar-refractivity contribution in [2.24, 2.45) is 0 Å². The van der Waals surface area contributed by atoms with Crippen LogP contribution in [-0.4, -0.2) is 16.6 Å². The lowest BCUT2D eigenvalue weighted by atomic mass is 10.2. The van der Waals surface area contributed by atoms with Crippen molar-refractivity contribution in [2.75, 3.05) is 0 Å². The van der Waals surface area contributed by atoms with E-state index in [4.69, 9.17) is 0 Å². The van der Waals surface area contributed by atoms with E-state index in [1.54, 1.807) is 0 Å². The maximum atomic E-state index is 11.8. The van der Waals surface area contributed by atoms with Crippen LogP contribution in [0.25, 0.3) is 0 Å². The molecule has 0 aliphatic heterocycles. The standard InChI is InChI=1S/C8H9F2N2O/c1-5(2)7-11-4-3-6(12-7)13-8(9)10/h3,5,8H,1-2H3. The third-order valence-electron chi connectivity index (χ3n) is 1.32. The molecule has 3 nitrogen and oxygen atoms in total. The second-order valence-corrected chi connectivity index (χ2v) is 2.73. The van der Waals surface area contributed by atoms with Crippen LogP contribution in [0, 0.1) is 6.20 Å². The fourth-order valence-corrected chi connectivity index (χ4v) is 0.734. The number of nitrogens with zero attached hydrogens (tertiary/aromatic N) is 2. The second kappa shape index (κ2) is 4.11. The zero-order chi connectivity index (χ0) is 9.84. The highest BCUT2D eigenvalue weighted by Crippen LogP contribution is 2.13. The summed E-state index contributed by atoms with van der Waals surface area (Å²) >= 11 is 0. The van der Waals surface area contributed by atoms with Gasteiger partial charge in [-0.2, -0.15) is 13.8 Å². The van der Waals surface area contributed by atoms with Crippen molar-refractivity contribution >= 4 is 0 Å². The number of aromatic nitrogens is 2. The number of hydrogen-bond donors (Lipinski definition) is 0. The first-order valence-corrected chi connectivity index (χ1v) is 3.79. The molecule has 0 aliphatic carbocycles. The van der Waals surface area contributed by atoms with Crippen LogP contribution in [0.4, 0.5) is 8.78 Å². The highest BCUT2D eigenvalue weighted by molar-refractivity contribution is 5.09. The molecule has 0 fully saturated rings. The van der Waals surface area contributed by atoms with Crippen LogP contribution in [0.1, 0.15) is 25.6 Å². The van der Waals surface area contributed by atoms with Crippen molar-refractivity contribution in [1.29, 1.82) is 0 Å². The van der Waals surface area contributed by atoms with E-state index in [0.717, 1.165) is 0 Å². The summed E-state index contributed by atoms with van der Waals surface area (Å²) in [5.74, 6) is 0.365. The number of ether oxygens (including phenoxy) is 1. The van der Waals surface area contributed by atoms with E-state index in [-0.39, 0.29) is 11.8 Å². The molecule has 71 valence electrons. The van der Waals surface area contributed by atoms with E-state index in [1.807, 2.05) is 13.8 Å². The van der Waals surface area contributed by atoms with Gasteiger partial charge in [-0.15, -0.1) is 0 Å². The van der Waals surface area contributed by atoms with Crippen molar-refractivity contribution < 1.29 is 13.5 Å². The molecule has 0 aromatic carbocycles. The Morgan fingerprint density at radius 2 is 2.15 bits per heavy atom. The fourth-order valence-electron chi connectivity index (χ4n) is 0.734. The van der Waals surface area contributed by atoms with Gasteiger partial charge in [-0.25, -0.2) is 4.98 Å². The molecule has 1 radical (unpaired) electrons. The van der Waals surface area contributed by atoms with Crippen molar-refractivity contribution in [3.05, 3.63) is 18.1 Å². The van der Waals surface area contributed by atoms with E-state index in [0.29, 0.717) is 5.82 Å². The van der Waals surface area contributed by atoms with E-state index in [1.165, 1.54) is 6.07 Å². The molecular weight excluding hydrogens is 178 g/mol. The number of alkyl halides is 2. The lowest BCUT2D eigenvalue weighted by Crippen LogP contribution is -2.06. The zero-order valence-corrected chi connectivity index (χ0v) is 7.29. The molecule has 0 saturated carbocycles. The van der Waals surface area contributed by atoms with Crippen LogP contribution >= 0.6 is 0 Å². The molecule has 1 aromatic rings. The monoisotopic (exact) mass is 187 g/mol. The Hall–Kier alpha value is -1.26. The van der Waals surface area contributed by atoms with Gasteiger partial charge in [-0.3, -0.25) is 0 Å². The molecule has 0 aliphatic rings. The molecule has 0 atom stereocenters. The molecule has 0 N–H and O–H groups in total. The van der Waals surface area contributed by atoms with E-state index in [2.05, 4.69) is 20.9 Å². The molecule has 0 bridgehead atoms. The van der Waals surface area contributed by atoms with Crippen LogP contribution in [0.15, 0.2) is 6.07 Å². The second-order valence-electron chi connectivity index (χ2n) is 2.73. The molecule has 13 heavy (non-hydrogen) atoms. The van der Waals surface area contributed by atoms with Gasteiger partial charge in [-0.1, -0.05) is 13.8 Å². The predicted octanol–water partition coefficient (Wildman–Crippen LogP) is 2.00. The van der Waals surface area contributed by atoms with Gasteiger partial charge < -0.3 is 4.74 Å². The van der Waals surface area contributed by atoms with E-state index in [9.17, 15) is 8.78 Å². The minimum Gasteiger partial charge on any atom is -0.417 e. The van der Waals surface area contributed by atoms with E-state index < -0.39 is 6.61 Å². The van der Waals surface area contributed by atoms with Crippen LogP contribution in [0.2, 0.25) is 0 Å². The predicted molar refractivity (Wildman–Crippen MR) is 41.6 cm³/mol. The summed E-state index contributed by atoms with van der Waals surface area (Å²) < 4.78 is 27.6. The van der Waals surface area contributed by atoms with Gasteiger partial charge in [0.25, 0.3) is 0 Å². The molecule has 1 rings (SSSR count). The third kappa shape index (κ3) is 2.93. The summed E-state index contributed by atoms with van der Waals surface area (Å²) in [5, 5.41) is 0. The first kappa shape index (κ1) is 9.83. The number of hydrogen-bond acceptors (Lipinski definition) is 3. The number of halogens is 2.